The fourth-order valence-corrected chi connectivity index (χ4v) is 4.07. The second-order valence-corrected chi connectivity index (χ2v) is 7.65. The molecule has 0 unspecified atom stereocenters. The number of aryl methyl sites for hydroxylation is 1. The summed E-state index contributed by atoms with van der Waals surface area (Å²) < 4.78 is 33.4. The largest absolute Gasteiger partial charge is 0.467 e. The Balaban J connectivity index is 1.67. The first kappa shape index (κ1) is 19.3. The van der Waals surface area contributed by atoms with Crippen LogP contribution < -0.4 is 4.90 Å². The molecular weight excluding hydrogens is 394 g/mol. The number of amides is 1. The summed E-state index contributed by atoms with van der Waals surface area (Å²) in [6, 6.07) is 13.3. The molecule has 2 aromatic carbocycles. The lowest BCUT2D eigenvalue weighted by molar-refractivity contribution is -0.118. The minimum Gasteiger partial charge on any atom is -0.467 e. The number of anilines is 1. The molecule has 0 aliphatic carbocycles. The van der Waals surface area contributed by atoms with E-state index in [4.69, 9.17) is 4.42 Å². The fraction of sp³-hybridized carbons (Fsp3) is 0.182. The maximum absolute atomic E-state index is 14.1. The molecule has 29 heavy (non-hydrogen) atoms. The first-order valence-electron chi connectivity index (χ1n) is 9.19. The van der Waals surface area contributed by atoms with Crippen LogP contribution in [0.2, 0.25) is 0 Å². The van der Waals surface area contributed by atoms with Gasteiger partial charge < -0.3 is 4.42 Å². The third-order valence-corrected chi connectivity index (χ3v) is 5.64. The summed E-state index contributed by atoms with van der Waals surface area (Å²) in [5, 5.41) is 0.302. The van der Waals surface area contributed by atoms with Crippen LogP contribution in [-0.2, 0) is 24.2 Å². The number of benzene rings is 2. The molecule has 2 heterocycles. The third-order valence-electron chi connectivity index (χ3n) is 4.61. The third kappa shape index (κ3) is 4.19. The van der Waals surface area contributed by atoms with E-state index < -0.39 is 11.6 Å². The van der Waals surface area contributed by atoms with E-state index >= 15 is 0 Å². The molecule has 0 aliphatic heterocycles. The van der Waals surface area contributed by atoms with Gasteiger partial charge in [-0.25, -0.2) is 13.8 Å². The highest BCUT2D eigenvalue weighted by Crippen LogP contribution is 2.32. The van der Waals surface area contributed by atoms with Crippen molar-refractivity contribution >= 4 is 32.6 Å². The number of thiazole rings is 1. The number of hydrogen-bond donors (Lipinski definition) is 0. The van der Waals surface area contributed by atoms with E-state index in [1.165, 1.54) is 22.8 Å². The predicted octanol–water partition coefficient (Wildman–Crippen LogP) is 5.51. The van der Waals surface area contributed by atoms with E-state index in [0.29, 0.717) is 15.6 Å². The monoisotopic (exact) mass is 412 g/mol. The summed E-state index contributed by atoms with van der Waals surface area (Å²) >= 11 is 1.07. The van der Waals surface area contributed by atoms with Crippen molar-refractivity contribution in [3.8, 4) is 0 Å². The molecule has 4 aromatic rings. The summed E-state index contributed by atoms with van der Waals surface area (Å²) in [5.74, 6) is -1.05. The zero-order valence-corrected chi connectivity index (χ0v) is 16.5. The predicted molar refractivity (Wildman–Crippen MR) is 109 cm³/mol. The average Bonchev–Trinajstić information content (AvgIpc) is 3.36. The Morgan fingerprint density at radius 2 is 1.90 bits per heavy atom. The highest BCUT2D eigenvalue weighted by Gasteiger charge is 2.23. The molecule has 0 fully saturated rings. The van der Waals surface area contributed by atoms with Gasteiger partial charge in [-0.15, -0.1) is 0 Å². The van der Waals surface area contributed by atoms with Gasteiger partial charge in [-0.2, -0.15) is 0 Å². The maximum Gasteiger partial charge on any atom is 0.233 e. The fourth-order valence-electron chi connectivity index (χ4n) is 3.04. The first-order valence-corrected chi connectivity index (χ1v) is 10.0. The lowest BCUT2D eigenvalue weighted by atomic mass is 10.1. The van der Waals surface area contributed by atoms with Gasteiger partial charge in [0.25, 0.3) is 0 Å². The van der Waals surface area contributed by atoms with Crippen molar-refractivity contribution in [1.82, 2.24) is 4.98 Å². The molecule has 0 atom stereocenters. The van der Waals surface area contributed by atoms with Gasteiger partial charge in [0.15, 0.2) is 10.9 Å². The lowest BCUT2D eigenvalue weighted by Crippen LogP contribution is -2.31. The van der Waals surface area contributed by atoms with Gasteiger partial charge in [0.2, 0.25) is 5.91 Å². The van der Waals surface area contributed by atoms with Crippen molar-refractivity contribution in [3.63, 3.8) is 0 Å². The molecular formula is C22H18F2N2O2S. The van der Waals surface area contributed by atoms with Crippen LogP contribution in [0.5, 0.6) is 0 Å². The molecule has 0 saturated carbocycles. The number of rotatable bonds is 6. The Labute approximate surface area is 170 Å². The molecule has 0 aliphatic rings. The maximum atomic E-state index is 14.1. The normalized spacial score (nSPS) is 11.1. The Morgan fingerprint density at radius 3 is 2.59 bits per heavy atom. The van der Waals surface area contributed by atoms with Crippen LogP contribution in [-0.4, -0.2) is 10.9 Å². The molecule has 0 bridgehead atoms. The molecule has 1 amide bonds. The van der Waals surface area contributed by atoms with Crippen LogP contribution in [0.15, 0.2) is 59.2 Å². The van der Waals surface area contributed by atoms with Crippen LogP contribution in [0.1, 0.15) is 23.8 Å². The Hall–Kier alpha value is -3.06. The summed E-state index contributed by atoms with van der Waals surface area (Å²) in [6.45, 7) is 2.23. The van der Waals surface area contributed by atoms with Gasteiger partial charge in [0.05, 0.1) is 23.9 Å². The van der Waals surface area contributed by atoms with Gasteiger partial charge in [-0.3, -0.25) is 9.69 Å². The van der Waals surface area contributed by atoms with Crippen LogP contribution in [0.4, 0.5) is 13.9 Å². The number of carbonyl (C=O) groups is 1. The standard InChI is InChI=1S/C22H18F2N2O2S/c1-2-14-5-7-15(8-6-14)10-20(27)26(13-17-4-3-9-28-17)22-25-21-18(24)11-16(23)12-19(21)29-22/h3-9,11-12H,2,10,13H2,1H3. The zero-order chi connectivity index (χ0) is 20.4. The second kappa shape index (κ2) is 8.13. The quantitative estimate of drug-likeness (QED) is 0.420. The minimum atomic E-state index is -0.747. The minimum absolute atomic E-state index is 0.0518. The summed E-state index contributed by atoms with van der Waals surface area (Å²) in [6.07, 6.45) is 2.61. The molecule has 4 rings (SSSR count). The SMILES string of the molecule is CCc1ccc(CC(=O)N(Cc2ccco2)c2nc3c(F)cc(F)cc3s2)cc1. The topological polar surface area (TPSA) is 46.3 Å². The number of aromatic nitrogens is 1. The van der Waals surface area contributed by atoms with Crippen molar-refractivity contribution in [2.45, 2.75) is 26.3 Å². The molecule has 2 aromatic heterocycles. The zero-order valence-electron chi connectivity index (χ0n) is 15.7. The first-order chi connectivity index (χ1) is 14.0. The summed E-state index contributed by atoms with van der Waals surface area (Å²) in [7, 11) is 0. The Morgan fingerprint density at radius 1 is 1.14 bits per heavy atom. The molecule has 0 radical (unpaired) electrons. The molecule has 0 spiro atoms. The van der Waals surface area contributed by atoms with Crippen molar-refractivity contribution in [2.75, 3.05) is 4.90 Å². The van der Waals surface area contributed by atoms with E-state index in [0.717, 1.165) is 29.4 Å². The van der Waals surface area contributed by atoms with Gasteiger partial charge in [0.1, 0.15) is 17.1 Å². The highest BCUT2D eigenvalue weighted by molar-refractivity contribution is 7.22. The van der Waals surface area contributed by atoms with Crippen LogP contribution in [0.25, 0.3) is 10.2 Å². The number of carbonyl (C=O) groups excluding carboxylic acids is 1. The van der Waals surface area contributed by atoms with Crippen LogP contribution in [0, 0.1) is 11.6 Å². The van der Waals surface area contributed by atoms with Crippen molar-refractivity contribution in [1.29, 1.82) is 0 Å². The average molecular weight is 412 g/mol. The van der Waals surface area contributed by atoms with Crippen LogP contribution >= 0.6 is 11.3 Å². The molecule has 4 nitrogen and oxygen atoms in total. The second-order valence-electron chi connectivity index (χ2n) is 6.64. The molecule has 7 heteroatoms. The van der Waals surface area contributed by atoms with E-state index in [1.54, 1.807) is 12.1 Å². The van der Waals surface area contributed by atoms with Crippen molar-refractivity contribution < 1.29 is 18.0 Å². The van der Waals surface area contributed by atoms with Crippen LogP contribution in [0.3, 0.4) is 0 Å². The Kier molecular flexibility index (Phi) is 5.40. The van der Waals surface area contributed by atoms with Gasteiger partial charge in [0, 0.05) is 6.07 Å². The van der Waals surface area contributed by atoms with Crippen molar-refractivity contribution in [2.24, 2.45) is 0 Å². The number of furan rings is 1. The van der Waals surface area contributed by atoms with E-state index in [9.17, 15) is 13.6 Å². The lowest BCUT2D eigenvalue weighted by Gasteiger charge is -2.19. The number of nitrogens with zero attached hydrogens (tertiary/aromatic N) is 2. The van der Waals surface area contributed by atoms with E-state index in [1.807, 2.05) is 24.3 Å². The summed E-state index contributed by atoms with van der Waals surface area (Å²) in [4.78, 5) is 18.8. The van der Waals surface area contributed by atoms with Gasteiger partial charge >= 0.3 is 0 Å². The van der Waals surface area contributed by atoms with Crippen molar-refractivity contribution in [3.05, 3.63) is 83.3 Å². The van der Waals surface area contributed by atoms with E-state index in [2.05, 4.69) is 11.9 Å². The number of hydrogen-bond acceptors (Lipinski definition) is 4. The van der Waals surface area contributed by atoms with E-state index in [-0.39, 0.29) is 24.4 Å². The molecule has 148 valence electrons. The smallest absolute Gasteiger partial charge is 0.233 e. The Bertz CT molecular complexity index is 1140. The number of halogens is 2. The van der Waals surface area contributed by atoms with Gasteiger partial charge in [-0.05, 0) is 35.7 Å². The molecule has 0 saturated heterocycles. The highest BCUT2D eigenvalue weighted by atomic mass is 32.1. The number of fused-ring (bicyclic) bond motifs is 1. The van der Waals surface area contributed by atoms with Gasteiger partial charge in [-0.1, -0.05) is 42.5 Å². The molecule has 0 N–H and O–H groups in total. The summed E-state index contributed by atoms with van der Waals surface area (Å²) in [5.41, 5.74) is 2.11.